The minimum Gasteiger partial charge on any atom is -0.480 e. The van der Waals surface area contributed by atoms with Crippen LogP contribution in [0.2, 0.25) is 19.1 Å². The van der Waals surface area contributed by atoms with Crippen LogP contribution in [-0.2, 0) is 4.79 Å². The lowest BCUT2D eigenvalue weighted by molar-refractivity contribution is -0.138. The van der Waals surface area contributed by atoms with Crippen molar-refractivity contribution < 1.29 is 9.90 Å². The summed E-state index contributed by atoms with van der Waals surface area (Å²) in [6, 6.07) is -0.182. The smallest absolute Gasteiger partial charge is 0.320 e. The first-order valence-corrected chi connectivity index (χ1v) is 6.99. The Morgan fingerprint density at radius 3 is 2.08 bits per heavy atom. The van der Waals surface area contributed by atoms with E-state index in [9.17, 15) is 4.79 Å². The molecule has 0 aromatic carbocycles. The topological polar surface area (TPSA) is 89.3 Å². The van der Waals surface area contributed by atoms with Crippen LogP contribution in [0.15, 0.2) is 0 Å². The Balaban J connectivity index is -0.000000500. The lowest BCUT2D eigenvalue weighted by atomic mass is 10.4. The summed E-state index contributed by atoms with van der Waals surface area (Å²) in [5.41, 5.74) is 10.8. The largest absolute Gasteiger partial charge is 0.480 e. The van der Waals surface area contributed by atoms with Gasteiger partial charge in [-0.05, 0) is 12.2 Å². The summed E-state index contributed by atoms with van der Waals surface area (Å²) in [6.07, 6.45) is 0.591. The van der Waals surface area contributed by atoms with E-state index in [1.807, 2.05) is 13.1 Å². The third-order valence-corrected chi connectivity index (χ3v) is 4.29. The first-order valence-electron chi connectivity index (χ1n) is 3.57. The maximum Gasteiger partial charge on any atom is 0.320 e. The van der Waals surface area contributed by atoms with Crippen molar-refractivity contribution >= 4 is 38.9 Å². The van der Waals surface area contributed by atoms with Crippen LogP contribution < -0.4 is 11.5 Å². The molecule has 0 aromatic heterocycles. The zero-order valence-corrected chi connectivity index (χ0v) is 10.5. The molecule has 1 atom stereocenters. The summed E-state index contributed by atoms with van der Waals surface area (Å²) in [6.45, 7) is 4.08. The van der Waals surface area contributed by atoms with E-state index in [1.165, 1.54) is 0 Å². The van der Waals surface area contributed by atoms with E-state index in [2.05, 4.69) is 0 Å². The third kappa shape index (κ3) is 8.52. The standard InChI is InChI=1S/C6H16N2O2Si.2ClH/c1-11(2,4-7)3-5(8)6(9)10;;/h5H,3-4,7-8H2,1-2H3,(H,9,10);2*1H/t5-;;/m0../s1. The van der Waals surface area contributed by atoms with E-state index >= 15 is 0 Å². The summed E-state index contributed by atoms with van der Waals surface area (Å²) in [7, 11) is -1.53. The highest BCUT2D eigenvalue weighted by Gasteiger charge is 2.25. The Labute approximate surface area is 91.9 Å². The van der Waals surface area contributed by atoms with Crippen LogP contribution in [0.1, 0.15) is 0 Å². The normalized spacial score (nSPS) is 12.3. The van der Waals surface area contributed by atoms with Crippen LogP contribution in [0.5, 0.6) is 0 Å². The van der Waals surface area contributed by atoms with Gasteiger partial charge in [0.2, 0.25) is 0 Å². The lowest BCUT2D eigenvalue weighted by Gasteiger charge is -2.21. The van der Waals surface area contributed by atoms with Crippen molar-refractivity contribution in [1.82, 2.24) is 0 Å². The molecule has 82 valence electrons. The molecule has 0 rings (SSSR count). The molecule has 0 unspecified atom stereocenters. The molecule has 5 N–H and O–H groups in total. The molecule has 0 bridgehead atoms. The second-order valence-electron chi connectivity index (χ2n) is 3.52. The van der Waals surface area contributed by atoms with E-state index in [0.29, 0.717) is 12.2 Å². The van der Waals surface area contributed by atoms with Gasteiger partial charge in [0.1, 0.15) is 6.04 Å². The molecule has 0 fully saturated rings. The second-order valence-corrected chi connectivity index (χ2v) is 8.66. The van der Waals surface area contributed by atoms with Gasteiger partial charge in [0.15, 0.2) is 0 Å². The van der Waals surface area contributed by atoms with E-state index in [4.69, 9.17) is 16.6 Å². The van der Waals surface area contributed by atoms with Gasteiger partial charge in [-0.25, -0.2) is 0 Å². The van der Waals surface area contributed by atoms with Crippen molar-refractivity contribution in [2.75, 3.05) is 6.17 Å². The highest BCUT2D eigenvalue weighted by atomic mass is 35.5. The minimum absolute atomic E-state index is 0. The average Bonchev–Trinajstić information content (AvgIpc) is 1.87. The number of nitrogens with two attached hydrogens (primary N) is 2. The summed E-state index contributed by atoms with van der Waals surface area (Å²) in [5, 5.41) is 8.50. The molecule has 7 heteroatoms. The summed E-state index contributed by atoms with van der Waals surface area (Å²) in [4.78, 5) is 10.3. The lowest BCUT2D eigenvalue weighted by Crippen LogP contribution is -2.44. The van der Waals surface area contributed by atoms with Gasteiger partial charge < -0.3 is 16.6 Å². The molecule has 0 aliphatic rings. The summed E-state index contributed by atoms with van der Waals surface area (Å²) in [5.74, 6) is -0.931. The number of hydrogen-bond acceptors (Lipinski definition) is 3. The van der Waals surface area contributed by atoms with Crippen LogP contribution in [0, 0.1) is 0 Å². The quantitative estimate of drug-likeness (QED) is 0.631. The fraction of sp³-hybridized carbons (Fsp3) is 0.833. The average molecular weight is 249 g/mol. The number of carboxylic acids is 1. The van der Waals surface area contributed by atoms with Crippen molar-refractivity contribution in [2.24, 2.45) is 11.5 Å². The maximum absolute atomic E-state index is 10.3. The van der Waals surface area contributed by atoms with Gasteiger partial charge in [0.25, 0.3) is 0 Å². The van der Waals surface area contributed by atoms with Gasteiger partial charge in [-0.3, -0.25) is 4.79 Å². The second kappa shape index (κ2) is 7.58. The van der Waals surface area contributed by atoms with Gasteiger partial charge in [0.05, 0.1) is 8.07 Å². The SMILES string of the molecule is C[Si](C)(CN)C[C@H](N)C(=O)O.Cl.Cl. The van der Waals surface area contributed by atoms with Gasteiger partial charge in [-0.2, -0.15) is 0 Å². The number of carbonyl (C=O) groups is 1. The summed E-state index contributed by atoms with van der Waals surface area (Å²) >= 11 is 0. The van der Waals surface area contributed by atoms with Crippen LogP contribution in [-0.4, -0.2) is 31.4 Å². The molecular weight excluding hydrogens is 231 g/mol. The first-order chi connectivity index (χ1) is 4.89. The summed E-state index contributed by atoms with van der Waals surface area (Å²) < 4.78 is 0. The van der Waals surface area contributed by atoms with E-state index in [1.54, 1.807) is 0 Å². The first kappa shape index (κ1) is 18.9. The maximum atomic E-state index is 10.3. The molecule has 0 heterocycles. The van der Waals surface area contributed by atoms with Crippen molar-refractivity contribution in [1.29, 1.82) is 0 Å². The predicted molar refractivity (Wildman–Crippen MR) is 61.5 cm³/mol. The molecule has 0 radical (unpaired) electrons. The zero-order valence-electron chi connectivity index (χ0n) is 7.82. The van der Waals surface area contributed by atoms with Gasteiger partial charge >= 0.3 is 5.97 Å². The number of aliphatic carboxylic acids is 1. The number of rotatable bonds is 4. The molecule has 0 aliphatic carbocycles. The van der Waals surface area contributed by atoms with Gasteiger partial charge in [-0.1, -0.05) is 13.1 Å². The molecule has 0 aromatic rings. The fourth-order valence-electron chi connectivity index (χ4n) is 0.766. The highest BCUT2D eigenvalue weighted by Crippen LogP contribution is 2.08. The number of halogens is 2. The van der Waals surface area contributed by atoms with Crippen LogP contribution in [0.4, 0.5) is 0 Å². The van der Waals surface area contributed by atoms with E-state index < -0.39 is 20.1 Å². The molecular formula is C6H18Cl2N2O2Si. The molecule has 0 spiro atoms. The van der Waals surface area contributed by atoms with Gasteiger partial charge in [-0.15, -0.1) is 24.8 Å². The molecule has 0 aliphatic heterocycles. The Bertz CT molecular complexity index is 158. The van der Waals surface area contributed by atoms with Crippen LogP contribution in [0.3, 0.4) is 0 Å². The Hall–Kier alpha value is 0.187. The fourth-order valence-corrected chi connectivity index (χ4v) is 2.30. The third-order valence-electron chi connectivity index (χ3n) is 1.64. The van der Waals surface area contributed by atoms with Crippen LogP contribution in [0.25, 0.3) is 0 Å². The molecule has 0 saturated heterocycles. The Kier molecular flexibility index (Phi) is 11.0. The zero-order chi connectivity index (χ0) is 9.07. The van der Waals surface area contributed by atoms with Gasteiger partial charge in [0, 0.05) is 0 Å². The van der Waals surface area contributed by atoms with E-state index in [-0.39, 0.29) is 24.8 Å². The predicted octanol–water partition coefficient (Wildman–Crippen LogP) is 0.448. The molecule has 0 amide bonds. The van der Waals surface area contributed by atoms with E-state index in [0.717, 1.165) is 0 Å². The molecule has 13 heavy (non-hydrogen) atoms. The number of hydrogen-bond donors (Lipinski definition) is 3. The van der Waals surface area contributed by atoms with Crippen LogP contribution >= 0.6 is 24.8 Å². The number of carboxylic acid groups (broad SMARTS) is 1. The van der Waals surface area contributed by atoms with Crippen molar-refractivity contribution in [3.05, 3.63) is 0 Å². The molecule has 0 saturated carbocycles. The highest BCUT2D eigenvalue weighted by molar-refractivity contribution is 6.77. The monoisotopic (exact) mass is 248 g/mol. The Morgan fingerprint density at radius 1 is 1.46 bits per heavy atom. The Morgan fingerprint density at radius 2 is 1.85 bits per heavy atom. The molecule has 4 nitrogen and oxygen atoms in total. The van der Waals surface area contributed by atoms with Crippen molar-refractivity contribution in [2.45, 2.75) is 25.2 Å². The minimum atomic E-state index is -1.53. The van der Waals surface area contributed by atoms with Crippen molar-refractivity contribution in [3.8, 4) is 0 Å². The van der Waals surface area contributed by atoms with Crippen molar-refractivity contribution in [3.63, 3.8) is 0 Å².